The van der Waals surface area contributed by atoms with E-state index < -0.39 is 10.0 Å². The molecule has 0 radical (unpaired) electrons. The van der Waals surface area contributed by atoms with Gasteiger partial charge in [-0.15, -0.1) is 0 Å². The third-order valence-corrected chi connectivity index (χ3v) is 6.81. The summed E-state index contributed by atoms with van der Waals surface area (Å²) < 4.78 is 32.1. The second kappa shape index (κ2) is 8.43. The summed E-state index contributed by atoms with van der Waals surface area (Å²) in [6.45, 7) is 1.76. The van der Waals surface area contributed by atoms with Crippen molar-refractivity contribution in [3.8, 4) is 5.75 Å². The molecule has 0 amide bonds. The molecule has 1 aliphatic heterocycles. The van der Waals surface area contributed by atoms with Crippen molar-refractivity contribution in [1.29, 1.82) is 0 Å². The van der Waals surface area contributed by atoms with Gasteiger partial charge in [-0.05, 0) is 54.7 Å². The van der Waals surface area contributed by atoms with E-state index in [1.807, 2.05) is 17.0 Å². The molecule has 6 nitrogen and oxygen atoms in total. The third-order valence-electron chi connectivity index (χ3n) is 4.30. The quantitative estimate of drug-likeness (QED) is 0.759. The van der Waals surface area contributed by atoms with Crippen molar-refractivity contribution in [2.24, 2.45) is 0 Å². The van der Waals surface area contributed by atoms with E-state index in [2.05, 4.69) is 5.32 Å². The van der Waals surface area contributed by atoms with Gasteiger partial charge in [-0.25, -0.2) is 8.42 Å². The fourth-order valence-corrected chi connectivity index (χ4v) is 4.71. The van der Waals surface area contributed by atoms with Crippen LogP contribution in [0.4, 0.5) is 5.69 Å². The van der Waals surface area contributed by atoms with Crippen LogP contribution in [0.1, 0.15) is 0 Å². The van der Waals surface area contributed by atoms with Crippen LogP contribution in [0.25, 0.3) is 0 Å². The molecule has 1 aliphatic rings. The Labute approximate surface area is 169 Å². The molecule has 0 atom stereocenters. The first-order valence-corrected chi connectivity index (χ1v) is 10.6. The van der Waals surface area contributed by atoms with Gasteiger partial charge in [0.15, 0.2) is 5.11 Å². The number of methoxy groups -OCH3 is 1. The molecule has 27 heavy (non-hydrogen) atoms. The van der Waals surface area contributed by atoms with Crippen LogP contribution in [-0.4, -0.2) is 56.0 Å². The molecule has 144 valence electrons. The number of hydrogen-bond donors (Lipinski definition) is 1. The fraction of sp³-hybridized carbons (Fsp3) is 0.278. The Hall–Kier alpha value is -1.87. The number of halogens is 1. The number of anilines is 1. The van der Waals surface area contributed by atoms with Crippen LogP contribution in [0.15, 0.2) is 53.4 Å². The summed E-state index contributed by atoms with van der Waals surface area (Å²) in [6, 6.07) is 13.7. The van der Waals surface area contributed by atoms with Gasteiger partial charge in [0.05, 0.1) is 12.0 Å². The van der Waals surface area contributed by atoms with Crippen LogP contribution in [0, 0.1) is 0 Å². The molecule has 0 aromatic heterocycles. The number of hydrogen-bond acceptors (Lipinski definition) is 4. The van der Waals surface area contributed by atoms with Gasteiger partial charge >= 0.3 is 0 Å². The predicted octanol–water partition coefficient (Wildman–Crippen LogP) is 3.05. The Bertz CT molecular complexity index is 912. The Balaban J connectivity index is 1.61. The number of sulfonamides is 1. The van der Waals surface area contributed by atoms with Gasteiger partial charge in [-0.2, -0.15) is 4.31 Å². The van der Waals surface area contributed by atoms with Crippen molar-refractivity contribution >= 4 is 44.6 Å². The number of ether oxygens (including phenoxy) is 1. The van der Waals surface area contributed by atoms with Crippen molar-refractivity contribution in [3.05, 3.63) is 53.6 Å². The topological polar surface area (TPSA) is 61.9 Å². The van der Waals surface area contributed by atoms with Crippen LogP contribution in [-0.2, 0) is 10.0 Å². The average molecular weight is 426 g/mol. The number of benzene rings is 2. The number of nitrogens with one attached hydrogen (secondary N) is 1. The van der Waals surface area contributed by atoms with Crippen LogP contribution in [0.3, 0.4) is 0 Å². The monoisotopic (exact) mass is 425 g/mol. The lowest BCUT2D eigenvalue weighted by atomic mass is 10.3. The molecule has 3 rings (SSSR count). The smallest absolute Gasteiger partial charge is 0.243 e. The first-order valence-electron chi connectivity index (χ1n) is 8.36. The van der Waals surface area contributed by atoms with Crippen LogP contribution in [0.5, 0.6) is 5.75 Å². The fourth-order valence-electron chi connectivity index (χ4n) is 2.80. The standard InChI is InChI=1S/C18H20ClN3O3S2/c1-25-16-5-7-17(8-6-16)27(23,24)22-11-9-21(10-12-22)18(26)20-15-4-2-3-14(19)13-15/h2-8,13H,9-12H2,1H3,(H,20,26). The maximum atomic E-state index is 12.8. The minimum atomic E-state index is -3.53. The molecule has 0 bridgehead atoms. The lowest BCUT2D eigenvalue weighted by Gasteiger charge is -2.35. The highest BCUT2D eigenvalue weighted by atomic mass is 35.5. The van der Waals surface area contributed by atoms with Gasteiger partial charge in [0.25, 0.3) is 0 Å². The zero-order chi connectivity index (χ0) is 19.4. The summed E-state index contributed by atoms with van der Waals surface area (Å²) in [5, 5.41) is 4.32. The third kappa shape index (κ3) is 4.70. The van der Waals surface area contributed by atoms with Gasteiger partial charge in [0.1, 0.15) is 5.75 Å². The summed E-state index contributed by atoms with van der Waals surface area (Å²) in [4.78, 5) is 2.22. The summed E-state index contributed by atoms with van der Waals surface area (Å²) >= 11 is 11.4. The van der Waals surface area contributed by atoms with E-state index in [9.17, 15) is 8.42 Å². The van der Waals surface area contributed by atoms with E-state index >= 15 is 0 Å². The predicted molar refractivity (Wildman–Crippen MR) is 111 cm³/mol. The van der Waals surface area contributed by atoms with Gasteiger partial charge in [-0.3, -0.25) is 0 Å². The molecule has 2 aromatic rings. The summed E-state index contributed by atoms with van der Waals surface area (Å²) in [5.41, 5.74) is 0.806. The molecule has 1 N–H and O–H groups in total. The molecule has 0 aliphatic carbocycles. The van der Waals surface area contributed by atoms with Crippen LogP contribution >= 0.6 is 23.8 Å². The molecule has 0 saturated carbocycles. The summed E-state index contributed by atoms with van der Waals surface area (Å²) in [7, 11) is -1.99. The Kier molecular flexibility index (Phi) is 6.21. The number of piperazine rings is 1. The van der Waals surface area contributed by atoms with E-state index in [1.54, 1.807) is 43.5 Å². The number of rotatable bonds is 4. The zero-order valence-corrected chi connectivity index (χ0v) is 17.1. The highest BCUT2D eigenvalue weighted by Gasteiger charge is 2.29. The second-order valence-corrected chi connectivity index (χ2v) is 8.77. The normalized spacial score (nSPS) is 15.4. The molecule has 1 saturated heterocycles. The van der Waals surface area contributed by atoms with Gasteiger partial charge in [-0.1, -0.05) is 17.7 Å². The summed E-state index contributed by atoms with van der Waals surface area (Å²) in [5.74, 6) is 0.621. The highest BCUT2D eigenvalue weighted by molar-refractivity contribution is 7.89. The summed E-state index contributed by atoms with van der Waals surface area (Å²) in [6.07, 6.45) is 0. The number of thiocarbonyl (C=S) groups is 1. The number of nitrogens with zero attached hydrogens (tertiary/aromatic N) is 2. The van der Waals surface area contributed by atoms with E-state index in [1.165, 1.54) is 4.31 Å². The first kappa shape index (κ1) is 19.9. The van der Waals surface area contributed by atoms with Crippen molar-refractivity contribution in [1.82, 2.24) is 9.21 Å². The van der Waals surface area contributed by atoms with Gasteiger partial charge in [0, 0.05) is 36.9 Å². The average Bonchev–Trinajstić information content (AvgIpc) is 2.68. The SMILES string of the molecule is COc1ccc(S(=O)(=O)N2CCN(C(=S)Nc3cccc(Cl)c3)CC2)cc1. The van der Waals surface area contributed by atoms with Crippen LogP contribution < -0.4 is 10.1 Å². The maximum Gasteiger partial charge on any atom is 0.243 e. The van der Waals surface area contributed by atoms with Crippen molar-refractivity contribution in [3.63, 3.8) is 0 Å². The second-order valence-electron chi connectivity index (χ2n) is 6.01. The zero-order valence-electron chi connectivity index (χ0n) is 14.8. The van der Waals surface area contributed by atoms with Crippen LogP contribution in [0.2, 0.25) is 5.02 Å². The Morgan fingerprint density at radius 1 is 1.11 bits per heavy atom. The van der Waals surface area contributed by atoms with Gasteiger partial charge in [0.2, 0.25) is 10.0 Å². The lowest BCUT2D eigenvalue weighted by Crippen LogP contribution is -2.51. The van der Waals surface area contributed by atoms with Crippen molar-refractivity contribution in [2.75, 3.05) is 38.6 Å². The molecule has 1 fully saturated rings. The minimum Gasteiger partial charge on any atom is -0.497 e. The van der Waals surface area contributed by atoms with E-state index in [4.69, 9.17) is 28.6 Å². The molecular weight excluding hydrogens is 406 g/mol. The van der Waals surface area contributed by atoms with Crippen molar-refractivity contribution in [2.45, 2.75) is 4.90 Å². The molecule has 1 heterocycles. The molecule has 0 unspecified atom stereocenters. The molecule has 2 aromatic carbocycles. The van der Waals surface area contributed by atoms with Gasteiger partial charge < -0.3 is 15.0 Å². The van der Waals surface area contributed by atoms with E-state index in [0.29, 0.717) is 42.1 Å². The molecule has 0 spiro atoms. The Morgan fingerprint density at radius 3 is 2.37 bits per heavy atom. The molecular formula is C18H20ClN3O3S2. The minimum absolute atomic E-state index is 0.261. The largest absolute Gasteiger partial charge is 0.497 e. The van der Waals surface area contributed by atoms with Crippen molar-refractivity contribution < 1.29 is 13.2 Å². The highest BCUT2D eigenvalue weighted by Crippen LogP contribution is 2.21. The Morgan fingerprint density at radius 2 is 1.78 bits per heavy atom. The maximum absolute atomic E-state index is 12.8. The van der Waals surface area contributed by atoms with E-state index in [-0.39, 0.29) is 4.90 Å². The van der Waals surface area contributed by atoms with E-state index in [0.717, 1.165) is 5.69 Å². The first-order chi connectivity index (χ1) is 12.9. The lowest BCUT2D eigenvalue weighted by molar-refractivity contribution is 0.268. The molecule has 9 heteroatoms.